The van der Waals surface area contributed by atoms with E-state index in [4.69, 9.17) is 4.74 Å². The highest BCUT2D eigenvalue weighted by molar-refractivity contribution is 5.68. The lowest BCUT2D eigenvalue weighted by molar-refractivity contribution is -0.732. The van der Waals surface area contributed by atoms with Crippen LogP contribution in [0.1, 0.15) is 63.7 Å². The number of nitrogens with zero attached hydrogens (tertiary/aromatic N) is 2. The van der Waals surface area contributed by atoms with Crippen LogP contribution < -0.4 is 21.5 Å². The van der Waals surface area contributed by atoms with E-state index in [1.165, 1.54) is 54.4 Å². The van der Waals surface area contributed by atoms with E-state index >= 15 is 0 Å². The molecule has 1 fully saturated rings. The maximum atomic E-state index is 11.3. The molecule has 0 atom stereocenters. The van der Waals surface area contributed by atoms with E-state index in [0.717, 1.165) is 38.6 Å². The molecule has 0 saturated heterocycles. The lowest BCUT2D eigenvalue weighted by Gasteiger charge is -2.26. The summed E-state index contributed by atoms with van der Waals surface area (Å²) < 4.78 is 10.6. The SMILES string of the molecule is CC(=O)OC1CCC([n+]2cc(-c3ccc(-c4ccccc4)cc3)n3c2CCCCC3)CC1.[Br-]. The first-order valence-corrected chi connectivity index (χ1v) is 12.2. The van der Waals surface area contributed by atoms with E-state index in [9.17, 15) is 4.79 Å². The van der Waals surface area contributed by atoms with Crippen molar-refractivity contribution in [2.45, 2.75) is 77.0 Å². The first-order valence-electron chi connectivity index (χ1n) is 12.2. The number of hydrogen-bond acceptors (Lipinski definition) is 2. The summed E-state index contributed by atoms with van der Waals surface area (Å²) in [7, 11) is 0. The zero-order valence-corrected chi connectivity index (χ0v) is 21.0. The highest BCUT2D eigenvalue weighted by atomic mass is 79.9. The molecule has 3 aromatic rings. The quantitative estimate of drug-likeness (QED) is 0.401. The second-order valence-electron chi connectivity index (χ2n) is 9.28. The van der Waals surface area contributed by atoms with Crippen molar-refractivity contribution in [2.75, 3.05) is 0 Å². The number of hydrogen-bond donors (Lipinski definition) is 0. The minimum atomic E-state index is -0.153. The maximum absolute atomic E-state index is 11.3. The smallest absolute Gasteiger partial charge is 0.302 e. The fourth-order valence-corrected chi connectivity index (χ4v) is 5.48. The van der Waals surface area contributed by atoms with Crippen molar-refractivity contribution >= 4 is 5.97 Å². The van der Waals surface area contributed by atoms with Gasteiger partial charge < -0.3 is 21.7 Å². The Morgan fingerprint density at radius 3 is 2.24 bits per heavy atom. The van der Waals surface area contributed by atoms with Gasteiger partial charge in [-0.15, -0.1) is 0 Å². The topological polar surface area (TPSA) is 35.1 Å². The lowest BCUT2D eigenvalue weighted by atomic mass is 9.92. The number of esters is 1. The van der Waals surface area contributed by atoms with Crippen LogP contribution in [0.3, 0.4) is 0 Å². The van der Waals surface area contributed by atoms with Gasteiger partial charge in [-0.05, 0) is 68.2 Å². The van der Waals surface area contributed by atoms with Crippen LogP contribution in [-0.2, 0) is 22.5 Å². The summed E-state index contributed by atoms with van der Waals surface area (Å²) in [5, 5.41) is 0. The van der Waals surface area contributed by atoms with Gasteiger partial charge in [-0.25, -0.2) is 9.13 Å². The summed E-state index contributed by atoms with van der Waals surface area (Å²) in [4.78, 5) is 11.3. The fraction of sp³-hybridized carbons (Fsp3) is 0.429. The number of ether oxygens (including phenoxy) is 1. The monoisotopic (exact) mass is 508 g/mol. The van der Waals surface area contributed by atoms with Gasteiger partial charge in [0.05, 0.1) is 6.54 Å². The number of fused-ring (bicyclic) bond motifs is 1. The molecule has 0 unspecified atom stereocenters. The summed E-state index contributed by atoms with van der Waals surface area (Å²) in [6.07, 6.45) is 11.5. The van der Waals surface area contributed by atoms with E-state index < -0.39 is 0 Å². The van der Waals surface area contributed by atoms with Crippen molar-refractivity contribution in [1.82, 2.24) is 4.57 Å². The predicted molar refractivity (Wildman–Crippen MR) is 126 cm³/mol. The average Bonchev–Trinajstić information content (AvgIpc) is 3.00. The van der Waals surface area contributed by atoms with Crippen LogP contribution in [0.25, 0.3) is 22.4 Å². The summed E-state index contributed by atoms with van der Waals surface area (Å²) in [5.74, 6) is 1.32. The Hall–Kier alpha value is -2.40. The van der Waals surface area contributed by atoms with E-state index in [0.29, 0.717) is 6.04 Å². The predicted octanol–water partition coefficient (Wildman–Crippen LogP) is 2.89. The van der Waals surface area contributed by atoms with Crippen LogP contribution in [0.5, 0.6) is 0 Å². The normalized spacial score (nSPS) is 20.3. The van der Waals surface area contributed by atoms with E-state index in [1.807, 2.05) is 0 Å². The molecule has 1 aliphatic carbocycles. The summed E-state index contributed by atoms with van der Waals surface area (Å²) in [6.45, 7) is 2.62. The van der Waals surface area contributed by atoms with E-state index in [1.54, 1.807) is 0 Å². The number of benzene rings is 2. The van der Waals surface area contributed by atoms with Crippen LogP contribution in [0.4, 0.5) is 0 Å². The second kappa shape index (κ2) is 10.7. The number of carbonyl (C=O) groups excluding carboxylic acids is 1. The number of carbonyl (C=O) groups is 1. The molecule has 0 bridgehead atoms. The van der Waals surface area contributed by atoms with E-state index in [-0.39, 0.29) is 29.1 Å². The Bertz CT molecular complexity index is 1070. The molecule has 0 spiro atoms. The van der Waals surface area contributed by atoms with Crippen LogP contribution >= 0.6 is 0 Å². The van der Waals surface area contributed by atoms with Gasteiger partial charge >= 0.3 is 5.97 Å². The maximum Gasteiger partial charge on any atom is 0.302 e. The Morgan fingerprint density at radius 2 is 1.55 bits per heavy atom. The molecule has 1 aromatic heterocycles. The molecule has 0 N–H and O–H groups in total. The molecule has 2 aromatic carbocycles. The molecule has 5 heteroatoms. The summed E-state index contributed by atoms with van der Waals surface area (Å²) in [5.41, 5.74) is 5.14. The van der Waals surface area contributed by atoms with Gasteiger partial charge in [0.2, 0.25) is 0 Å². The van der Waals surface area contributed by atoms with Gasteiger partial charge in [-0.2, -0.15) is 0 Å². The minimum Gasteiger partial charge on any atom is -1.00 e. The van der Waals surface area contributed by atoms with Gasteiger partial charge in [0, 0.05) is 18.9 Å². The highest BCUT2D eigenvalue weighted by Crippen LogP contribution is 2.31. The highest BCUT2D eigenvalue weighted by Gasteiger charge is 2.33. The van der Waals surface area contributed by atoms with Crippen molar-refractivity contribution < 1.29 is 31.1 Å². The second-order valence-corrected chi connectivity index (χ2v) is 9.28. The van der Waals surface area contributed by atoms with Gasteiger partial charge in [-0.1, -0.05) is 42.5 Å². The lowest BCUT2D eigenvalue weighted by Crippen LogP contribution is -3.00. The molecule has 5 rings (SSSR count). The molecule has 0 amide bonds. The number of rotatable bonds is 4. The standard InChI is InChI=1S/C28H33N2O2.BrH/c1-21(31)32-26-17-15-25(16-18-26)30-20-27(29-19-7-3-6-10-28(29)30)24-13-11-23(12-14-24)22-8-4-2-5-9-22;/h2,4-5,8-9,11-14,20,25-26H,3,6-7,10,15-19H2,1H3;1H/q+1;/p-1. The van der Waals surface area contributed by atoms with Gasteiger partial charge in [0.1, 0.15) is 18.3 Å². The van der Waals surface area contributed by atoms with Gasteiger partial charge in [0.15, 0.2) is 5.69 Å². The largest absolute Gasteiger partial charge is 1.00 e. The first kappa shape index (κ1) is 23.7. The molecule has 2 aliphatic rings. The Balaban J connectivity index is 0.00000259. The van der Waals surface area contributed by atoms with Crippen molar-refractivity contribution in [3.05, 3.63) is 66.6 Å². The van der Waals surface area contributed by atoms with Gasteiger partial charge in [-0.3, -0.25) is 4.79 Å². The molecule has 4 nitrogen and oxygen atoms in total. The number of aromatic nitrogens is 2. The van der Waals surface area contributed by atoms with Crippen molar-refractivity contribution in [1.29, 1.82) is 0 Å². The summed E-state index contributed by atoms with van der Waals surface area (Å²) in [6, 6.07) is 20.1. The van der Waals surface area contributed by atoms with Crippen LogP contribution in [0.2, 0.25) is 0 Å². The third-order valence-electron chi connectivity index (χ3n) is 7.10. The Labute approximate surface area is 207 Å². The third-order valence-corrected chi connectivity index (χ3v) is 7.10. The van der Waals surface area contributed by atoms with Crippen molar-refractivity contribution in [3.63, 3.8) is 0 Å². The molecule has 0 radical (unpaired) electrons. The van der Waals surface area contributed by atoms with E-state index in [2.05, 4.69) is 69.9 Å². The Morgan fingerprint density at radius 1 is 0.879 bits per heavy atom. The molecule has 2 heterocycles. The average molecular weight is 509 g/mol. The van der Waals surface area contributed by atoms with Crippen LogP contribution in [0, 0.1) is 0 Å². The molecule has 1 aliphatic heterocycles. The number of halogens is 1. The van der Waals surface area contributed by atoms with Crippen molar-refractivity contribution in [2.24, 2.45) is 0 Å². The van der Waals surface area contributed by atoms with Crippen LogP contribution in [0.15, 0.2) is 60.8 Å². The minimum absolute atomic E-state index is 0. The zero-order chi connectivity index (χ0) is 21.9. The Kier molecular flexibility index (Phi) is 7.69. The van der Waals surface area contributed by atoms with Gasteiger partial charge in [0.25, 0.3) is 5.82 Å². The number of imidazole rings is 1. The molecular weight excluding hydrogens is 476 g/mol. The van der Waals surface area contributed by atoms with Crippen LogP contribution in [-0.4, -0.2) is 16.6 Å². The third kappa shape index (κ3) is 5.24. The zero-order valence-electron chi connectivity index (χ0n) is 19.4. The first-order chi connectivity index (χ1) is 15.7. The molecule has 174 valence electrons. The van der Waals surface area contributed by atoms with Crippen molar-refractivity contribution in [3.8, 4) is 22.4 Å². The summed E-state index contributed by atoms with van der Waals surface area (Å²) >= 11 is 0. The fourth-order valence-electron chi connectivity index (χ4n) is 5.48. The molecule has 1 saturated carbocycles. The molecular formula is C28H33BrN2O2. The molecule has 33 heavy (non-hydrogen) atoms.